The molecular weight excluding hydrogens is 955 g/mol. The van der Waals surface area contributed by atoms with Crippen molar-refractivity contribution in [3.8, 4) is 11.3 Å². The number of hydrogen-bond acceptors (Lipinski definition) is 13. The Balaban J connectivity index is 0.00000113. The minimum absolute atomic E-state index is 0.0112. The van der Waals surface area contributed by atoms with Gasteiger partial charge in [0.05, 0.1) is 47.5 Å². The Labute approximate surface area is 460 Å². The number of nitrogens with two attached hydrogens (primary N) is 2. The van der Waals surface area contributed by atoms with E-state index in [0.29, 0.717) is 30.9 Å². The number of ether oxygens (including phenoxy) is 2. The van der Waals surface area contributed by atoms with Crippen LogP contribution in [-0.2, 0) is 27.2 Å². The van der Waals surface area contributed by atoms with Gasteiger partial charge in [-0.25, -0.2) is 5.43 Å². The number of aromatic nitrogens is 2. The molecule has 1 amide bonds. The van der Waals surface area contributed by atoms with E-state index in [1.165, 1.54) is 48.6 Å². The van der Waals surface area contributed by atoms with E-state index in [9.17, 15) is 4.79 Å². The van der Waals surface area contributed by atoms with Crippen molar-refractivity contribution in [3.63, 3.8) is 0 Å². The molecule has 7 N–H and O–H groups in total. The number of hydrogen-bond donors (Lipinski definition) is 6. The molecule has 2 aliphatic rings. The summed E-state index contributed by atoms with van der Waals surface area (Å²) in [6.07, 6.45) is 13.2. The van der Waals surface area contributed by atoms with Crippen molar-refractivity contribution in [3.05, 3.63) is 123 Å². The lowest BCUT2D eigenvalue weighted by molar-refractivity contribution is -0.127. The Hall–Kier alpha value is -5.00. The minimum Gasteiger partial charge on any atom is -0.501 e. The average Bonchev–Trinajstić information content (AvgIpc) is 3.47. The molecule has 3 aromatic rings. The van der Waals surface area contributed by atoms with Gasteiger partial charge in [-0.2, -0.15) is 12.6 Å². The second-order valence-electron chi connectivity index (χ2n) is 20.3. The summed E-state index contributed by atoms with van der Waals surface area (Å²) in [6.45, 7) is 47.5. The van der Waals surface area contributed by atoms with Crippen LogP contribution in [0.1, 0.15) is 118 Å². The Kier molecular flexibility index (Phi) is 30.8. The van der Waals surface area contributed by atoms with E-state index in [1.54, 1.807) is 12.0 Å². The SMILES string of the molecule is C=C.C=CC(=O)N1C[C@H](C)N(C)C[C@H](C)C1S.C=COCC(C)(C)Cc1c(-c2cccnc2C(C)OC)n(CC)c2ccc(/C(=C/C)N=C(C)CC3(NC(=C)C(C(C)C)N(C)C=C)CCCCNN3)cc12.CN.CN. The number of amides is 1. The van der Waals surface area contributed by atoms with Gasteiger partial charge in [0, 0.05) is 97.8 Å². The fourth-order valence-electron chi connectivity index (χ4n) is 9.97. The number of hydrazine groups is 1. The number of nitrogens with one attached hydrogen (secondary N) is 3. The molecule has 0 spiro atoms. The van der Waals surface area contributed by atoms with E-state index >= 15 is 0 Å². The van der Waals surface area contributed by atoms with Crippen LogP contribution in [0.5, 0.6) is 0 Å². The predicted octanol–water partition coefficient (Wildman–Crippen LogP) is 10.7. The summed E-state index contributed by atoms with van der Waals surface area (Å²) in [5.74, 6) is 0.695. The maximum absolute atomic E-state index is 11.7. The third-order valence-electron chi connectivity index (χ3n) is 13.7. The summed E-state index contributed by atoms with van der Waals surface area (Å²) in [5.41, 5.74) is 25.2. The monoisotopic (exact) mass is 1060 g/mol. The van der Waals surface area contributed by atoms with E-state index in [2.05, 4.69) is 208 Å². The van der Waals surface area contributed by atoms with Crippen molar-refractivity contribution in [1.29, 1.82) is 0 Å². The van der Waals surface area contributed by atoms with E-state index in [0.717, 1.165) is 85.8 Å². The Morgan fingerprint density at radius 2 is 1.77 bits per heavy atom. The van der Waals surface area contributed by atoms with Crippen molar-refractivity contribution in [2.45, 2.75) is 137 Å². The van der Waals surface area contributed by atoms with Gasteiger partial charge in [-0.1, -0.05) is 73.1 Å². The fourth-order valence-corrected chi connectivity index (χ4v) is 10.3. The zero-order chi connectivity index (χ0) is 57.2. The molecule has 2 saturated heterocycles. The molecule has 15 heteroatoms. The van der Waals surface area contributed by atoms with Crippen molar-refractivity contribution in [2.75, 3.05) is 61.5 Å². The van der Waals surface area contributed by atoms with Gasteiger partial charge in [-0.3, -0.25) is 20.2 Å². The molecule has 4 unspecified atom stereocenters. The van der Waals surface area contributed by atoms with Crippen molar-refractivity contribution >= 4 is 40.8 Å². The molecule has 420 valence electrons. The van der Waals surface area contributed by atoms with Crippen molar-refractivity contribution < 1.29 is 14.3 Å². The molecule has 6 atom stereocenters. The fraction of sp³-hybridized carbons (Fsp3) is 0.550. The van der Waals surface area contributed by atoms with Crippen LogP contribution < -0.4 is 27.6 Å². The summed E-state index contributed by atoms with van der Waals surface area (Å²) in [6, 6.07) is 11.5. The number of carbonyl (C=O) groups is 1. The van der Waals surface area contributed by atoms with Gasteiger partial charge in [-0.05, 0) is 135 Å². The molecule has 1 aromatic carbocycles. The lowest BCUT2D eigenvalue weighted by Crippen LogP contribution is -2.62. The summed E-state index contributed by atoms with van der Waals surface area (Å²) < 4.78 is 14.0. The first-order valence-electron chi connectivity index (χ1n) is 26.6. The van der Waals surface area contributed by atoms with Crippen LogP contribution in [0.3, 0.4) is 0 Å². The molecule has 0 radical (unpaired) electrons. The van der Waals surface area contributed by atoms with Gasteiger partial charge in [0.15, 0.2) is 0 Å². The molecule has 2 fully saturated rings. The van der Waals surface area contributed by atoms with Gasteiger partial charge in [0.25, 0.3) is 0 Å². The van der Waals surface area contributed by atoms with Crippen LogP contribution in [0.15, 0.2) is 111 Å². The third-order valence-corrected chi connectivity index (χ3v) is 14.5. The third kappa shape index (κ3) is 18.9. The van der Waals surface area contributed by atoms with Crippen LogP contribution in [0, 0.1) is 17.3 Å². The maximum Gasteiger partial charge on any atom is 0.246 e. The van der Waals surface area contributed by atoms with Gasteiger partial charge in [0.1, 0.15) is 5.66 Å². The highest BCUT2D eigenvalue weighted by Gasteiger charge is 2.35. The van der Waals surface area contributed by atoms with Gasteiger partial charge in [-0.15, -0.1) is 13.2 Å². The molecule has 0 saturated carbocycles. The number of methoxy groups -OCH3 is 1. The molecule has 2 aromatic heterocycles. The number of benzene rings is 1. The highest BCUT2D eigenvalue weighted by molar-refractivity contribution is 7.80. The first-order chi connectivity index (χ1) is 35.7. The molecule has 0 aliphatic carbocycles. The first kappa shape index (κ1) is 68.0. The number of rotatable bonds is 20. The summed E-state index contributed by atoms with van der Waals surface area (Å²) in [7, 11) is 8.89. The molecule has 14 nitrogen and oxygen atoms in total. The number of thiol groups is 1. The zero-order valence-electron chi connectivity index (χ0n) is 49.1. The van der Waals surface area contributed by atoms with Crippen LogP contribution >= 0.6 is 12.6 Å². The average molecular weight is 1060 g/mol. The number of nitrogens with zero attached hydrogens (tertiary/aromatic N) is 6. The van der Waals surface area contributed by atoms with E-state index in [1.807, 2.05) is 18.5 Å². The van der Waals surface area contributed by atoms with Crippen LogP contribution in [0.4, 0.5) is 0 Å². The molecule has 0 bridgehead atoms. The molecule has 2 aliphatic heterocycles. The zero-order valence-corrected chi connectivity index (χ0v) is 50.0. The number of fused-ring (bicyclic) bond motifs is 1. The summed E-state index contributed by atoms with van der Waals surface area (Å²) in [4.78, 5) is 28.0. The largest absolute Gasteiger partial charge is 0.501 e. The number of pyridine rings is 1. The lowest BCUT2D eigenvalue weighted by atomic mass is 9.84. The van der Waals surface area contributed by atoms with Gasteiger partial charge in [0.2, 0.25) is 5.91 Å². The number of aliphatic imine (C=N–C) groups is 1. The number of allylic oxidation sites excluding steroid dienone is 1. The Bertz CT molecular complexity index is 2300. The highest BCUT2D eigenvalue weighted by atomic mass is 32.1. The summed E-state index contributed by atoms with van der Waals surface area (Å²) >= 11 is 4.53. The number of aryl methyl sites for hydroxylation is 1. The minimum atomic E-state index is -0.445. The highest BCUT2D eigenvalue weighted by Crippen LogP contribution is 2.41. The lowest BCUT2D eigenvalue weighted by Gasteiger charge is -2.41. The van der Waals surface area contributed by atoms with Crippen LogP contribution in [0.2, 0.25) is 0 Å². The second kappa shape index (κ2) is 33.9. The molecule has 5 rings (SSSR count). The van der Waals surface area contributed by atoms with Crippen molar-refractivity contribution in [2.24, 2.45) is 33.7 Å². The molecule has 4 heterocycles. The maximum atomic E-state index is 11.7. The Morgan fingerprint density at radius 1 is 1.11 bits per heavy atom. The van der Waals surface area contributed by atoms with Crippen molar-refractivity contribution in [1.82, 2.24) is 40.4 Å². The topological polar surface area (TPSA) is 164 Å². The quantitative estimate of drug-likeness (QED) is 0.0210. The first-order valence-corrected chi connectivity index (χ1v) is 27.1. The normalized spacial score (nSPS) is 20.1. The van der Waals surface area contributed by atoms with Gasteiger partial charge < -0.3 is 45.5 Å². The number of carbonyl (C=O) groups excluding carboxylic acids is 1. The standard InChI is InChI=1S/C45H67N7O2.C11H20N2OS.C2H4.2CH5N/c1-14-39(48-32(7)28-45(24-18-19-26-47-50-45)49-33(8)42(31(5)6)51(12)15-2)35-22-23-40-37(27-35)38(29-44(10,11)30-54-17-4)43(52(40)16-3)36-21-20-25-46-41(36)34(9)53-13;1-5-10(14)13-7-9(3)12(4)6-8(2)11(13)15;3*1-2/h14-15,17,20-23,25,27,31,34,42,47,49-50H,2,4,8,16,18-19,24,26,28-30H2,1,3,5-7,9-13H3;5,8-9,11,15H,1,6-7H2,2-4H3;1-2H2;2*2H2,1H3/b39-14-,48-32?;;;;/t;8-,9-,11?;;;/m.0.../s1. The van der Waals surface area contributed by atoms with Crippen LogP contribution in [-0.4, -0.2) is 121 Å². The van der Waals surface area contributed by atoms with Gasteiger partial charge >= 0.3 is 0 Å². The Morgan fingerprint density at radius 3 is 2.35 bits per heavy atom. The summed E-state index contributed by atoms with van der Waals surface area (Å²) in [5, 5.41) is 5.05. The number of likely N-dealkylation sites (N-methyl/N-ethyl adjacent to an activating group) is 2. The second-order valence-corrected chi connectivity index (χ2v) is 20.8. The molecule has 75 heavy (non-hydrogen) atoms. The van der Waals surface area contributed by atoms with E-state index in [4.69, 9.17) is 19.5 Å². The predicted molar refractivity (Wildman–Crippen MR) is 325 cm³/mol. The van der Waals surface area contributed by atoms with Crippen LogP contribution in [0.25, 0.3) is 27.9 Å². The smallest absolute Gasteiger partial charge is 0.246 e. The van der Waals surface area contributed by atoms with E-state index in [-0.39, 0.29) is 28.8 Å². The molecular formula is C60H101N11O3S. The van der Waals surface area contributed by atoms with E-state index < -0.39 is 5.66 Å².